The molecule has 0 aliphatic heterocycles. The molecule has 0 bridgehead atoms. The van der Waals surface area contributed by atoms with Gasteiger partial charge >= 0.3 is 0 Å². The van der Waals surface area contributed by atoms with E-state index in [1.165, 1.54) is 6.92 Å². The van der Waals surface area contributed by atoms with Gasteiger partial charge in [-0.1, -0.05) is 15.9 Å². The highest BCUT2D eigenvalue weighted by Gasteiger charge is 2.34. The first-order valence-corrected chi connectivity index (χ1v) is 5.00. The lowest BCUT2D eigenvalue weighted by atomic mass is 10.1. The van der Waals surface area contributed by atoms with Crippen LogP contribution in [0.15, 0.2) is 28.7 Å². The fourth-order valence-electron chi connectivity index (χ4n) is 0.964. The summed E-state index contributed by atoms with van der Waals surface area (Å²) in [5.74, 6) is 0. The van der Waals surface area contributed by atoms with Gasteiger partial charge in [-0.2, -0.15) is 5.26 Å². The van der Waals surface area contributed by atoms with Gasteiger partial charge in [-0.3, -0.25) is 0 Å². The van der Waals surface area contributed by atoms with E-state index in [4.69, 9.17) is 5.26 Å². The van der Waals surface area contributed by atoms with Crippen LogP contribution >= 0.6 is 15.9 Å². The largest absolute Gasteiger partial charge is 0.363 e. The zero-order valence-corrected chi connectivity index (χ0v) is 9.55. The number of halogens is 3. The minimum Gasteiger partial charge on any atom is -0.363 e. The lowest BCUT2D eigenvalue weighted by molar-refractivity contribution is 0.102. The summed E-state index contributed by atoms with van der Waals surface area (Å²) >= 11 is 3.23. The molecular weight excluding hydrogens is 266 g/mol. The lowest BCUT2D eigenvalue weighted by Gasteiger charge is -2.23. The average molecular weight is 275 g/mol. The van der Waals surface area contributed by atoms with E-state index in [0.717, 1.165) is 4.47 Å². The van der Waals surface area contributed by atoms with Gasteiger partial charge in [0.15, 0.2) is 5.54 Å². The Morgan fingerprint density at radius 3 is 2.33 bits per heavy atom. The molecule has 0 saturated carbocycles. The number of nitrogens with zero attached hydrogens (tertiary/aromatic N) is 1. The first kappa shape index (κ1) is 11.9. The topological polar surface area (TPSA) is 35.8 Å². The van der Waals surface area contributed by atoms with Crippen LogP contribution in [0, 0.1) is 11.3 Å². The first-order valence-electron chi connectivity index (χ1n) is 4.21. The minimum absolute atomic E-state index is 0.488. The molecule has 15 heavy (non-hydrogen) atoms. The molecule has 1 unspecified atom stereocenters. The lowest BCUT2D eigenvalue weighted by Crippen LogP contribution is -2.40. The third-order valence-corrected chi connectivity index (χ3v) is 2.45. The second kappa shape index (κ2) is 4.58. The van der Waals surface area contributed by atoms with E-state index in [9.17, 15) is 8.78 Å². The van der Waals surface area contributed by atoms with Crippen LogP contribution < -0.4 is 5.32 Å². The zero-order chi connectivity index (χ0) is 11.5. The van der Waals surface area contributed by atoms with Crippen molar-refractivity contribution in [3.8, 4) is 6.07 Å². The number of nitrogens with one attached hydrogen (secondary N) is 1. The van der Waals surface area contributed by atoms with Crippen molar-refractivity contribution in [3.05, 3.63) is 28.7 Å². The third kappa shape index (κ3) is 2.90. The van der Waals surface area contributed by atoms with Gasteiger partial charge in [0.1, 0.15) is 0 Å². The Kier molecular flexibility index (Phi) is 3.64. The molecule has 80 valence electrons. The van der Waals surface area contributed by atoms with Gasteiger partial charge in [-0.05, 0) is 31.2 Å². The van der Waals surface area contributed by atoms with Crippen molar-refractivity contribution in [1.82, 2.24) is 0 Å². The Morgan fingerprint density at radius 2 is 1.93 bits per heavy atom. The summed E-state index contributed by atoms with van der Waals surface area (Å²) in [5, 5.41) is 11.2. The summed E-state index contributed by atoms with van der Waals surface area (Å²) in [4.78, 5) is 0. The van der Waals surface area contributed by atoms with Crippen LogP contribution in [0.5, 0.6) is 0 Å². The predicted octanol–water partition coefficient (Wildman–Crippen LogP) is 3.41. The Morgan fingerprint density at radius 1 is 1.40 bits per heavy atom. The monoisotopic (exact) mass is 274 g/mol. The number of nitriles is 1. The van der Waals surface area contributed by atoms with Gasteiger partial charge in [0.25, 0.3) is 6.43 Å². The van der Waals surface area contributed by atoms with Crippen molar-refractivity contribution < 1.29 is 8.78 Å². The average Bonchev–Trinajstić information content (AvgIpc) is 2.21. The maximum absolute atomic E-state index is 12.6. The molecule has 1 atom stereocenters. The minimum atomic E-state index is -2.74. The van der Waals surface area contributed by atoms with Gasteiger partial charge < -0.3 is 5.32 Å². The third-order valence-electron chi connectivity index (χ3n) is 1.92. The van der Waals surface area contributed by atoms with Crippen LogP contribution in [-0.2, 0) is 0 Å². The highest BCUT2D eigenvalue weighted by atomic mass is 79.9. The van der Waals surface area contributed by atoms with Crippen molar-refractivity contribution >= 4 is 21.6 Å². The molecule has 1 aromatic rings. The molecule has 0 heterocycles. The van der Waals surface area contributed by atoms with Gasteiger partial charge in [0, 0.05) is 10.2 Å². The molecule has 0 fully saturated rings. The molecule has 0 saturated heterocycles. The normalized spacial score (nSPS) is 14.4. The maximum Gasteiger partial charge on any atom is 0.274 e. The van der Waals surface area contributed by atoms with Crippen LogP contribution in [0.1, 0.15) is 6.92 Å². The molecule has 0 aromatic heterocycles. The second-order valence-corrected chi connectivity index (χ2v) is 4.16. The fourth-order valence-corrected chi connectivity index (χ4v) is 1.23. The number of rotatable bonds is 3. The molecule has 2 nitrogen and oxygen atoms in total. The molecule has 0 amide bonds. The molecule has 1 aromatic carbocycles. The molecule has 0 aliphatic rings. The van der Waals surface area contributed by atoms with Gasteiger partial charge in [-0.25, -0.2) is 8.78 Å². The van der Waals surface area contributed by atoms with E-state index in [-0.39, 0.29) is 0 Å². The van der Waals surface area contributed by atoms with Crippen molar-refractivity contribution in [2.24, 2.45) is 0 Å². The molecular formula is C10H9BrF2N2. The Hall–Kier alpha value is -1.15. The number of hydrogen-bond donors (Lipinski definition) is 1. The molecule has 1 N–H and O–H groups in total. The van der Waals surface area contributed by atoms with Crippen molar-refractivity contribution in [2.45, 2.75) is 18.9 Å². The zero-order valence-electron chi connectivity index (χ0n) is 7.97. The Bertz CT molecular complexity index is 372. The van der Waals surface area contributed by atoms with E-state index >= 15 is 0 Å². The summed E-state index contributed by atoms with van der Waals surface area (Å²) in [5.41, 5.74) is -1.36. The summed E-state index contributed by atoms with van der Waals surface area (Å²) in [6.07, 6.45) is -2.74. The van der Waals surface area contributed by atoms with E-state index in [1.54, 1.807) is 30.3 Å². The molecule has 0 spiro atoms. The fraction of sp³-hybridized carbons (Fsp3) is 0.300. The second-order valence-electron chi connectivity index (χ2n) is 3.25. The van der Waals surface area contributed by atoms with Crippen LogP contribution in [0.2, 0.25) is 0 Å². The summed E-state index contributed by atoms with van der Waals surface area (Å²) in [6.45, 7) is 1.17. The van der Waals surface area contributed by atoms with Crippen LogP contribution in [0.4, 0.5) is 14.5 Å². The molecule has 0 aliphatic carbocycles. The summed E-state index contributed by atoms with van der Waals surface area (Å²) in [7, 11) is 0. The number of anilines is 1. The van der Waals surface area contributed by atoms with E-state index < -0.39 is 12.0 Å². The smallest absolute Gasteiger partial charge is 0.274 e. The van der Waals surface area contributed by atoms with Crippen molar-refractivity contribution in [2.75, 3.05) is 5.32 Å². The van der Waals surface area contributed by atoms with Crippen LogP contribution in [0.3, 0.4) is 0 Å². The summed E-state index contributed by atoms with van der Waals surface area (Å²) in [6, 6.07) is 8.25. The molecule has 1 rings (SSSR count). The van der Waals surface area contributed by atoms with Gasteiger partial charge in [0.2, 0.25) is 0 Å². The van der Waals surface area contributed by atoms with E-state index in [2.05, 4.69) is 21.2 Å². The van der Waals surface area contributed by atoms with Crippen molar-refractivity contribution in [3.63, 3.8) is 0 Å². The first-order chi connectivity index (χ1) is 6.98. The highest BCUT2D eigenvalue weighted by molar-refractivity contribution is 9.10. The van der Waals surface area contributed by atoms with E-state index in [0.29, 0.717) is 5.69 Å². The van der Waals surface area contributed by atoms with Gasteiger partial charge in [0.05, 0.1) is 6.07 Å². The van der Waals surface area contributed by atoms with E-state index in [1.807, 2.05) is 0 Å². The number of alkyl halides is 2. The van der Waals surface area contributed by atoms with Crippen LogP contribution in [-0.4, -0.2) is 12.0 Å². The standard InChI is InChI=1S/C10H9BrF2N2/c1-10(6-14,9(12)13)15-8-4-2-7(11)3-5-8/h2-5,9,15H,1H3. The predicted molar refractivity (Wildman–Crippen MR) is 57.8 cm³/mol. The maximum atomic E-state index is 12.6. The van der Waals surface area contributed by atoms with Crippen molar-refractivity contribution in [1.29, 1.82) is 5.26 Å². The Labute approximate surface area is 95.0 Å². The molecule has 0 radical (unpaired) electrons. The molecule has 5 heteroatoms. The SMILES string of the molecule is CC(C#N)(Nc1ccc(Br)cc1)C(F)F. The summed E-state index contributed by atoms with van der Waals surface area (Å²) < 4.78 is 26.0. The quantitative estimate of drug-likeness (QED) is 0.917. The number of hydrogen-bond acceptors (Lipinski definition) is 2. The number of benzene rings is 1. The van der Waals surface area contributed by atoms with Crippen LogP contribution in [0.25, 0.3) is 0 Å². The Balaban J connectivity index is 2.85. The van der Waals surface area contributed by atoms with Gasteiger partial charge in [-0.15, -0.1) is 0 Å². The highest BCUT2D eigenvalue weighted by Crippen LogP contribution is 2.22.